The lowest BCUT2D eigenvalue weighted by molar-refractivity contribution is 0.630. The molecule has 0 spiro atoms. The van der Waals surface area contributed by atoms with Crippen LogP contribution in [0.5, 0.6) is 0 Å². The minimum absolute atomic E-state index is 0.169. The van der Waals surface area contributed by atoms with Crippen LogP contribution in [-0.4, -0.2) is 19.8 Å². The number of benzene rings is 3. The SMILES string of the molecule is CCC(=Nn1c(-c2cccc(Br)c2)csc1=Nc1c(C)n(C)n(-c2ccccc2)c1=O)c1ccccc1. The largest absolute Gasteiger partial charge is 0.297 e. The van der Waals surface area contributed by atoms with Gasteiger partial charge in [-0.05, 0) is 43.2 Å². The van der Waals surface area contributed by atoms with Crippen molar-refractivity contribution in [3.63, 3.8) is 0 Å². The molecule has 37 heavy (non-hydrogen) atoms. The molecule has 5 rings (SSSR count). The Balaban J connectivity index is 1.75. The summed E-state index contributed by atoms with van der Waals surface area (Å²) in [5, 5.41) is 7.11. The molecule has 3 aromatic carbocycles. The highest BCUT2D eigenvalue weighted by Crippen LogP contribution is 2.25. The molecule has 0 bridgehead atoms. The summed E-state index contributed by atoms with van der Waals surface area (Å²) in [7, 11) is 1.88. The Morgan fingerprint density at radius 1 is 0.973 bits per heavy atom. The van der Waals surface area contributed by atoms with Crippen molar-refractivity contribution in [2.45, 2.75) is 20.3 Å². The first-order valence-corrected chi connectivity index (χ1v) is 13.6. The van der Waals surface area contributed by atoms with Crippen molar-refractivity contribution in [1.29, 1.82) is 0 Å². The summed E-state index contributed by atoms with van der Waals surface area (Å²) in [6, 6.07) is 27.9. The van der Waals surface area contributed by atoms with Gasteiger partial charge in [0.2, 0.25) is 4.80 Å². The zero-order chi connectivity index (χ0) is 25.9. The van der Waals surface area contributed by atoms with E-state index in [9.17, 15) is 4.79 Å². The van der Waals surface area contributed by atoms with Gasteiger partial charge in [0.15, 0.2) is 5.69 Å². The Morgan fingerprint density at radius 3 is 2.35 bits per heavy atom. The summed E-state index contributed by atoms with van der Waals surface area (Å²) in [6.07, 6.45) is 0.745. The Kier molecular flexibility index (Phi) is 7.21. The van der Waals surface area contributed by atoms with Gasteiger partial charge in [0.1, 0.15) is 0 Å². The van der Waals surface area contributed by atoms with Gasteiger partial charge in [0.05, 0.1) is 22.8 Å². The third-order valence-electron chi connectivity index (χ3n) is 6.20. The number of rotatable bonds is 6. The molecule has 0 aliphatic heterocycles. The number of hydrogen-bond acceptors (Lipinski definition) is 4. The van der Waals surface area contributed by atoms with Crippen LogP contribution >= 0.6 is 27.3 Å². The molecule has 0 N–H and O–H groups in total. The van der Waals surface area contributed by atoms with Crippen molar-refractivity contribution in [2.75, 3.05) is 0 Å². The molecule has 5 aromatic rings. The highest BCUT2D eigenvalue weighted by molar-refractivity contribution is 9.10. The van der Waals surface area contributed by atoms with Crippen LogP contribution in [-0.2, 0) is 7.05 Å². The zero-order valence-electron chi connectivity index (χ0n) is 20.8. The number of halogens is 1. The van der Waals surface area contributed by atoms with Crippen LogP contribution in [0.2, 0.25) is 0 Å². The Hall–Kier alpha value is -3.75. The quantitative estimate of drug-likeness (QED) is 0.210. The first-order valence-electron chi connectivity index (χ1n) is 12.0. The fourth-order valence-electron chi connectivity index (χ4n) is 4.18. The van der Waals surface area contributed by atoms with Crippen LogP contribution in [0.25, 0.3) is 16.9 Å². The maximum atomic E-state index is 13.5. The van der Waals surface area contributed by atoms with E-state index in [-0.39, 0.29) is 5.56 Å². The molecule has 0 atom stereocenters. The highest BCUT2D eigenvalue weighted by atomic mass is 79.9. The van der Waals surface area contributed by atoms with Gasteiger partial charge in [-0.25, -0.2) is 14.4 Å². The first-order chi connectivity index (χ1) is 18.0. The molecule has 2 aromatic heterocycles. The molecule has 0 radical (unpaired) electrons. The molecule has 0 amide bonds. The van der Waals surface area contributed by atoms with Crippen molar-refractivity contribution >= 4 is 38.7 Å². The molecule has 0 saturated heterocycles. The van der Waals surface area contributed by atoms with Gasteiger partial charge in [-0.1, -0.05) is 83.5 Å². The molecule has 8 heteroatoms. The fourth-order valence-corrected chi connectivity index (χ4v) is 5.42. The maximum absolute atomic E-state index is 13.5. The Morgan fingerprint density at radius 2 is 1.68 bits per heavy atom. The van der Waals surface area contributed by atoms with Crippen molar-refractivity contribution in [3.05, 3.63) is 121 Å². The standard InChI is InChI=1S/C29H26BrN5OS/c1-4-25(21-12-7-5-8-13-21)32-34-26(22-14-11-15-23(30)18-22)19-37-29(34)31-27-20(2)33(3)35(28(27)36)24-16-9-6-10-17-24/h5-19H,4H2,1-3H3. The smallest absolute Gasteiger partial charge is 0.283 e. The summed E-state index contributed by atoms with van der Waals surface area (Å²) in [5.41, 5.74) is 5.70. The number of nitrogens with zero attached hydrogens (tertiary/aromatic N) is 5. The van der Waals surface area contributed by atoms with E-state index in [1.807, 2.05) is 95.4 Å². The zero-order valence-corrected chi connectivity index (χ0v) is 23.2. The number of para-hydroxylation sites is 1. The van der Waals surface area contributed by atoms with Gasteiger partial charge in [-0.2, -0.15) is 5.10 Å². The molecule has 0 aliphatic rings. The van der Waals surface area contributed by atoms with Crippen LogP contribution in [0, 0.1) is 6.92 Å². The Labute approximate surface area is 227 Å². The average molecular weight is 573 g/mol. The van der Waals surface area contributed by atoms with Gasteiger partial charge in [0, 0.05) is 22.5 Å². The predicted molar refractivity (Wildman–Crippen MR) is 155 cm³/mol. The summed E-state index contributed by atoms with van der Waals surface area (Å²) in [6.45, 7) is 4.01. The lowest BCUT2D eigenvalue weighted by Gasteiger charge is -2.08. The molecule has 2 heterocycles. The second-order valence-corrected chi connectivity index (χ2v) is 10.3. The fraction of sp³-hybridized carbons (Fsp3) is 0.138. The monoisotopic (exact) mass is 571 g/mol. The van der Waals surface area contributed by atoms with Gasteiger partial charge in [0.25, 0.3) is 5.56 Å². The minimum atomic E-state index is -0.169. The third-order valence-corrected chi connectivity index (χ3v) is 7.51. The topological polar surface area (TPSA) is 56.6 Å². The van der Waals surface area contributed by atoms with E-state index in [1.165, 1.54) is 11.3 Å². The predicted octanol–water partition coefficient (Wildman–Crippen LogP) is 6.67. The summed E-state index contributed by atoms with van der Waals surface area (Å²) < 4.78 is 6.32. The van der Waals surface area contributed by atoms with Crippen LogP contribution < -0.4 is 10.4 Å². The van der Waals surface area contributed by atoms with Crippen molar-refractivity contribution < 1.29 is 0 Å². The Bertz CT molecular complexity index is 1710. The molecule has 6 nitrogen and oxygen atoms in total. The lowest BCUT2D eigenvalue weighted by Crippen LogP contribution is -2.20. The van der Waals surface area contributed by atoms with E-state index in [0.717, 1.165) is 44.8 Å². The van der Waals surface area contributed by atoms with E-state index >= 15 is 0 Å². The average Bonchev–Trinajstić information content (AvgIpc) is 3.41. The first kappa shape index (κ1) is 24.9. The molecule has 186 valence electrons. The normalized spacial score (nSPS) is 12.3. The molecular formula is C29H26BrN5OS. The summed E-state index contributed by atoms with van der Waals surface area (Å²) >= 11 is 5.05. The second kappa shape index (κ2) is 10.7. The van der Waals surface area contributed by atoms with Crippen LogP contribution in [0.15, 0.2) is 110 Å². The van der Waals surface area contributed by atoms with Crippen LogP contribution in [0.3, 0.4) is 0 Å². The maximum Gasteiger partial charge on any atom is 0.297 e. The van der Waals surface area contributed by atoms with E-state index in [4.69, 9.17) is 10.1 Å². The van der Waals surface area contributed by atoms with Crippen LogP contribution in [0.4, 0.5) is 5.69 Å². The summed E-state index contributed by atoms with van der Waals surface area (Å²) in [4.78, 5) is 19.1. The van der Waals surface area contributed by atoms with E-state index < -0.39 is 0 Å². The minimum Gasteiger partial charge on any atom is -0.283 e. The molecule has 0 aliphatic carbocycles. The number of thiazole rings is 1. The van der Waals surface area contributed by atoms with Gasteiger partial charge < -0.3 is 0 Å². The molecule has 0 unspecified atom stereocenters. The van der Waals surface area contributed by atoms with E-state index in [2.05, 4.69) is 41.1 Å². The van der Waals surface area contributed by atoms with Gasteiger partial charge in [-0.15, -0.1) is 11.3 Å². The highest BCUT2D eigenvalue weighted by Gasteiger charge is 2.17. The van der Waals surface area contributed by atoms with Crippen molar-refractivity contribution in [2.24, 2.45) is 17.1 Å². The van der Waals surface area contributed by atoms with Crippen molar-refractivity contribution in [1.82, 2.24) is 14.0 Å². The van der Waals surface area contributed by atoms with E-state index in [0.29, 0.717) is 10.5 Å². The lowest BCUT2D eigenvalue weighted by atomic mass is 10.1. The van der Waals surface area contributed by atoms with E-state index in [1.54, 1.807) is 4.68 Å². The van der Waals surface area contributed by atoms with Gasteiger partial charge in [-0.3, -0.25) is 9.48 Å². The number of aromatic nitrogens is 3. The van der Waals surface area contributed by atoms with Crippen molar-refractivity contribution in [3.8, 4) is 16.9 Å². The molecular weight excluding hydrogens is 546 g/mol. The third kappa shape index (κ3) is 4.95. The van der Waals surface area contributed by atoms with Gasteiger partial charge >= 0.3 is 0 Å². The van der Waals surface area contributed by atoms with Crippen LogP contribution in [0.1, 0.15) is 24.6 Å². The summed E-state index contributed by atoms with van der Waals surface area (Å²) in [5.74, 6) is 0. The number of hydrogen-bond donors (Lipinski definition) is 0. The molecule has 0 fully saturated rings. The molecule has 0 saturated carbocycles. The second-order valence-electron chi connectivity index (χ2n) is 8.51.